The number of carbonyl (C=O) groups is 1. The van der Waals surface area contributed by atoms with Gasteiger partial charge in [0.05, 0.1) is 0 Å². The van der Waals surface area contributed by atoms with Crippen LogP contribution in [0, 0.1) is 5.41 Å². The molecule has 0 aliphatic rings. The second-order valence-electron chi connectivity index (χ2n) is 3.99. The third-order valence-electron chi connectivity index (χ3n) is 2.09. The van der Waals surface area contributed by atoms with E-state index in [4.69, 9.17) is 0 Å². The molecule has 0 aliphatic heterocycles. The van der Waals surface area contributed by atoms with E-state index in [9.17, 15) is 4.79 Å². The number of hydrogen-bond donors (Lipinski definition) is 1. The highest BCUT2D eigenvalue weighted by molar-refractivity contribution is 5.81. The Morgan fingerprint density at radius 2 is 2.15 bits per heavy atom. The van der Waals surface area contributed by atoms with Crippen molar-refractivity contribution in [3.8, 4) is 0 Å². The number of carbonyl (C=O) groups excluding carboxylic acids is 1. The molecule has 0 saturated heterocycles. The van der Waals surface area contributed by atoms with Crippen molar-refractivity contribution in [2.75, 3.05) is 6.54 Å². The molecule has 0 spiro atoms. The third kappa shape index (κ3) is 4.71. The van der Waals surface area contributed by atoms with E-state index in [0.717, 1.165) is 25.8 Å². The first-order valence-electron chi connectivity index (χ1n) is 4.93. The van der Waals surface area contributed by atoms with Crippen molar-refractivity contribution >= 4 is 5.91 Å². The topological polar surface area (TPSA) is 29.1 Å². The Balaban J connectivity index is 3.86. The number of unbranched alkanes of at least 4 members (excludes halogenated alkanes) is 1. The van der Waals surface area contributed by atoms with Crippen LogP contribution in [0.2, 0.25) is 0 Å². The van der Waals surface area contributed by atoms with Crippen LogP contribution in [0.5, 0.6) is 0 Å². The van der Waals surface area contributed by atoms with Gasteiger partial charge in [0.25, 0.3) is 0 Å². The van der Waals surface area contributed by atoms with Crippen molar-refractivity contribution in [3.05, 3.63) is 12.7 Å². The van der Waals surface area contributed by atoms with Gasteiger partial charge in [-0.3, -0.25) is 4.79 Å². The van der Waals surface area contributed by atoms with E-state index >= 15 is 0 Å². The Labute approximate surface area is 81.4 Å². The molecule has 0 atom stereocenters. The van der Waals surface area contributed by atoms with Gasteiger partial charge >= 0.3 is 0 Å². The fraction of sp³-hybridized carbons (Fsp3) is 0.727. The average Bonchev–Trinajstić information content (AvgIpc) is 2.04. The molecule has 0 aliphatic carbocycles. The first kappa shape index (κ1) is 12.2. The molecule has 76 valence electrons. The predicted molar refractivity (Wildman–Crippen MR) is 56.5 cm³/mol. The number of allylic oxidation sites excluding steroid dienone is 1. The smallest absolute Gasteiger partial charge is 0.225 e. The van der Waals surface area contributed by atoms with Crippen molar-refractivity contribution < 1.29 is 4.79 Å². The zero-order chi connectivity index (χ0) is 10.3. The van der Waals surface area contributed by atoms with Gasteiger partial charge in [0, 0.05) is 12.0 Å². The molecule has 13 heavy (non-hydrogen) atoms. The second-order valence-corrected chi connectivity index (χ2v) is 3.99. The Bertz CT molecular complexity index is 173. The summed E-state index contributed by atoms with van der Waals surface area (Å²) in [6.45, 7) is 10.4. The highest BCUT2D eigenvalue weighted by Crippen LogP contribution is 2.20. The summed E-state index contributed by atoms with van der Waals surface area (Å²) in [7, 11) is 0. The van der Waals surface area contributed by atoms with Crippen LogP contribution in [0.4, 0.5) is 0 Å². The van der Waals surface area contributed by atoms with E-state index in [1.54, 1.807) is 6.08 Å². The van der Waals surface area contributed by atoms with E-state index < -0.39 is 0 Å². The molecule has 2 heteroatoms. The van der Waals surface area contributed by atoms with Crippen molar-refractivity contribution in [2.45, 2.75) is 40.0 Å². The van der Waals surface area contributed by atoms with E-state index in [2.05, 4.69) is 18.8 Å². The number of hydrogen-bond acceptors (Lipinski definition) is 1. The molecule has 0 unspecified atom stereocenters. The quantitative estimate of drug-likeness (QED) is 0.497. The molecular formula is C11H21NO. The lowest BCUT2D eigenvalue weighted by molar-refractivity contribution is -0.129. The maximum Gasteiger partial charge on any atom is 0.225 e. The van der Waals surface area contributed by atoms with Gasteiger partial charge < -0.3 is 5.32 Å². The number of amides is 1. The summed E-state index contributed by atoms with van der Waals surface area (Å²) >= 11 is 0. The van der Waals surface area contributed by atoms with Gasteiger partial charge in [0.15, 0.2) is 0 Å². The summed E-state index contributed by atoms with van der Waals surface area (Å²) in [6, 6.07) is 0. The highest BCUT2D eigenvalue weighted by atomic mass is 16.2. The van der Waals surface area contributed by atoms with Crippen molar-refractivity contribution in [1.29, 1.82) is 0 Å². The zero-order valence-electron chi connectivity index (χ0n) is 9.02. The van der Waals surface area contributed by atoms with Crippen LogP contribution in [-0.4, -0.2) is 12.5 Å². The number of nitrogens with one attached hydrogen (secondary N) is 1. The molecule has 0 aromatic heterocycles. The molecule has 0 rings (SSSR count). The first-order valence-corrected chi connectivity index (χ1v) is 4.93. The molecular weight excluding hydrogens is 162 g/mol. The molecule has 0 bridgehead atoms. The molecule has 1 amide bonds. The van der Waals surface area contributed by atoms with Crippen LogP contribution < -0.4 is 5.32 Å². The van der Waals surface area contributed by atoms with Gasteiger partial charge in [-0.15, -0.1) is 6.58 Å². The van der Waals surface area contributed by atoms with Crippen LogP contribution in [0.15, 0.2) is 12.7 Å². The van der Waals surface area contributed by atoms with Crippen LogP contribution in [0.25, 0.3) is 0 Å². The fourth-order valence-corrected chi connectivity index (χ4v) is 1.07. The predicted octanol–water partition coefficient (Wildman–Crippen LogP) is 2.51. The van der Waals surface area contributed by atoms with Crippen molar-refractivity contribution in [3.63, 3.8) is 0 Å². The minimum atomic E-state index is -0.310. The summed E-state index contributed by atoms with van der Waals surface area (Å²) in [4.78, 5) is 11.6. The minimum Gasteiger partial charge on any atom is -0.356 e. The SMILES string of the molecule is C=CCC(C)(C)C(=O)NCCCC. The van der Waals surface area contributed by atoms with Gasteiger partial charge in [-0.1, -0.05) is 33.3 Å². The second kappa shape index (κ2) is 5.79. The maximum absolute atomic E-state index is 11.6. The largest absolute Gasteiger partial charge is 0.356 e. The minimum absolute atomic E-state index is 0.126. The Morgan fingerprint density at radius 1 is 1.54 bits per heavy atom. The van der Waals surface area contributed by atoms with Gasteiger partial charge in [-0.25, -0.2) is 0 Å². The zero-order valence-corrected chi connectivity index (χ0v) is 9.02. The normalized spacial score (nSPS) is 11.0. The fourth-order valence-electron chi connectivity index (χ4n) is 1.07. The summed E-state index contributed by atoms with van der Waals surface area (Å²) in [5.74, 6) is 0.126. The molecule has 0 aromatic rings. The maximum atomic E-state index is 11.6. The van der Waals surface area contributed by atoms with E-state index in [-0.39, 0.29) is 11.3 Å². The van der Waals surface area contributed by atoms with E-state index in [1.807, 2.05) is 13.8 Å². The number of rotatable bonds is 6. The van der Waals surface area contributed by atoms with Crippen LogP contribution in [0.1, 0.15) is 40.0 Å². The molecule has 0 heterocycles. The summed E-state index contributed by atoms with van der Waals surface area (Å²) in [5.41, 5.74) is -0.310. The van der Waals surface area contributed by atoms with Gasteiger partial charge in [0.1, 0.15) is 0 Å². The van der Waals surface area contributed by atoms with Gasteiger partial charge in [0.2, 0.25) is 5.91 Å². The molecule has 2 nitrogen and oxygen atoms in total. The molecule has 0 saturated carbocycles. The Morgan fingerprint density at radius 3 is 2.62 bits per heavy atom. The summed E-state index contributed by atoms with van der Waals surface area (Å²) < 4.78 is 0. The van der Waals surface area contributed by atoms with Crippen LogP contribution >= 0.6 is 0 Å². The van der Waals surface area contributed by atoms with Gasteiger partial charge in [-0.2, -0.15) is 0 Å². The standard InChI is InChI=1S/C11H21NO/c1-5-7-9-12-10(13)11(3,4)8-6-2/h6H,2,5,7-9H2,1,3-4H3,(H,12,13). The van der Waals surface area contributed by atoms with Gasteiger partial charge in [-0.05, 0) is 12.8 Å². The third-order valence-corrected chi connectivity index (χ3v) is 2.09. The van der Waals surface area contributed by atoms with Crippen LogP contribution in [-0.2, 0) is 4.79 Å². The Hall–Kier alpha value is -0.790. The lowest BCUT2D eigenvalue weighted by atomic mass is 9.88. The highest BCUT2D eigenvalue weighted by Gasteiger charge is 2.25. The molecule has 1 N–H and O–H groups in total. The lowest BCUT2D eigenvalue weighted by Gasteiger charge is -2.21. The molecule has 0 aromatic carbocycles. The summed E-state index contributed by atoms with van der Waals surface area (Å²) in [6.07, 6.45) is 4.68. The Kier molecular flexibility index (Phi) is 5.44. The average molecular weight is 183 g/mol. The van der Waals surface area contributed by atoms with Crippen LogP contribution in [0.3, 0.4) is 0 Å². The summed E-state index contributed by atoms with van der Waals surface area (Å²) in [5, 5.41) is 2.92. The molecule has 0 radical (unpaired) electrons. The van der Waals surface area contributed by atoms with Crippen molar-refractivity contribution in [1.82, 2.24) is 5.32 Å². The lowest BCUT2D eigenvalue weighted by Crippen LogP contribution is -2.37. The monoisotopic (exact) mass is 183 g/mol. The first-order chi connectivity index (χ1) is 6.04. The molecule has 0 fully saturated rings. The van der Waals surface area contributed by atoms with E-state index in [0.29, 0.717) is 0 Å². The van der Waals surface area contributed by atoms with E-state index in [1.165, 1.54) is 0 Å². The van der Waals surface area contributed by atoms with Crippen molar-refractivity contribution in [2.24, 2.45) is 5.41 Å².